The molecule has 0 aromatic heterocycles. The Morgan fingerprint density at radius 2 is 1.72 bits per heavy atom. The van der Waals surface area contributed by atoms with E-state index in [-0.39, 0.29) is 23.8 Å². The molecular weight excluding hydrogens is 314 g/mol. The van der Waals surface area contributed by atoms with Crippen molar-refractivity contribution in [3.63, 3.8) is 0 Å². The molecule has 1 unspecified atom stereocenters. The minimum Gasteiger partial charge on any atom is -0.369 e. The molecule has 1 atom stereocenters. The summed E-state index contributed by atoms with van der Waals surface area (Å²) in [4.78, 5) is 26.0. The standard InChI is InChI=1S/C20H29N3O2/c21-20(25)17-10-12-23(13-11-17)14-18(24)22-19(16-8-4-5-9-16)15-6-2-1-3-7-15/h1-3,6-7,16-17,19H,4-5,8-14H2,(H2,21,25)(H,22,24). The van der Waals surface area contributed by atoms with Crippen LogP contribution in [0.2, 0.25) is 0 Å². The van der Waals surface area contributed by atoms with Gasteiger partial charge in [0, 0.05) is 5.92 Å². The molecule has 0 bridgehead atoms. The molecule has 2 aliphatic rings. The van der Waals surface area contributed by atoms with E-state index in [0.717, 1.165) is 25.9 Å². The molecule has 1 aromatic carbocycles. The van der Waals surface area contributed by atoms with Crippen molar-refractivity contribution in [3.05, 3.63) is 35.9 Å². The van der Waals surface area contributed by atoms with E-state index in [0.29, 0.717) is 12.5 Å². The molecule has 3 N–H and O–H groups in total. The van der Waals surface area contributed by atoms with Gasteiger partial charge in [0.2, 0.25) is 11.8 Å². The minimum atomic E-state index is -0.213. The van der Waals surface area contributed by atoms with E-state index >= 15 is 0 Å². The highest BCUT2D eigenvalue weighted by molar-refractivity contribution is 5.79. The van der Waals surface area contributed by atoms with E-state index in [1.807, 2.05) is 18.2 Å². The van der Waals surface area contributed by atoms with E-state index in [9.17, 15) is 9.59 Å². The van der Waals surface area contributed by atoms with Crippen molar-refractivity contribution >= 4 is 11.8 Å². The van der Waals surface area contributed by atoms with Crippen LogP contribution < -0.4 is 11.1 Å². The number of amides is 2. The largest absolute Gasteiger partial charge is 0.369 e. The smallest absolute Gasteiger partial charge is 0.234 e. The summed E-state index contributed by atoms with van der Waals surface area (Å²) in [6.45, 7) is 1.93. The van der Waals surface area contributed by atoms with Gasteiger partial charge in [-0.1, -0.05) is 43.2 Å². The van der Waals surface area contributed by atoms with Crippen LogP contribution in [0, 0.1) is 11.8 Å². The molecule has 3 rings (SSSR count). The Labute approximate surface area is 150 Å². The maximum Gasteiger partial charge on any atom is 0.234 e. The lowest BCUT2D eigenvalue weighted by Crippen LogP contribution is -2.45. The second-order valence-electron chi connectivity index (χ2n) is 7.45. The third-order valence-corrected chi connectivity index (χ3v) is 5.70. The number of hydrogen-bond acceptors (Lipinski definition) is 3. The van der Waals surface area contributed by atoms with Gasteiger partial charge in [0.05, 0.1) is 12.6 Å². The molecular formula is C20H29N3O2. The Morgan fingerprint density at radius 3 is 2.32 bits per heavy atom. The van der Waals surface area contributed by atoms with E-state index in [2.05, 4.69) is 22.3 Å². The Balaban J connectivity index is 1.56. The molecule has 0 spiro atoms. The predicted octanol–water partition coefficient (Wildman–Crippen LogP) is 2.23. The summed E-state index contributed by atoms with van der Waals surface area (Å²) in [6, 6.07) is 10.4. The molecule has 1 aromatic rings. The number of likely N-dealkylation sites (tertiary alicyclic amines) is 1. The van der Waals surface area contributed by atoms with Crippen LogP contribution in [0.15, 0.2) is 30.3 Å². The lowest BCUT2D eigenvalue weighted by Gasteiger charge is -2.31. The number of nitrogens with zero attached hydrogens (tertiary/aromatic N) is 1. The number of nitrogens with two attached hydrogens (primary N) is 1. The van der Waals surface area contributed by atoms with Crippen LogP contribution in [-0.2, 0) is 9.59 Å². The monoisotopic (exact) mass is 343 g/mol. The number of benzene rings is 1. The number of piperidine rings is 1. The molecule has 1 aliphatic heterocycles. The summed E-state index contributed by atoms with van der Waals surface area (Å²) in [7, 11) is 0. The van der Waals surface area contributed by atoms with Gasteiger partial charge in [-0.05, 0) is 50.3 Å². The fourth-order valence-corrected chi connectivity index (χ4v) is 4.22. The minimum absolute atomic E-state index is 0.0325. The summed E-state index contributed by atoms with van der Waals surface area (Å²) in [5, 5.41) is 3.28. The van der Waals surface area contributed by atoms with Gasteiger partial charge in [0.1, 0.15) is 0 Å². The highest BCUT2D eigenvalue weighted by Crippen LogP contribution is 2.35. The van der Waals surface area contributed by atoms with Crippen molar-refractivity contribution in [1.82, 2.24) is 10.2 Å². The first-order valence-electron chi connectivity index (χ1n) is 9.49. The predicted molar refractivity (Wildman–Crippen MR) is 97.6 cm³/mol. The van der Waals surface area contributed by atoms with Crippen molar-refractivity contribution in [3.8, 4) is 0 Å². The Hall–Kier alpha value is -1.88. The number of carbonyl (C=O) groups is 2. The van der Waals surface area contributed by atoms with Crippen LogP contribution in [0.25, 0.3) is 0 Å². The second-order valence-corrected chi connectivity index (χ2v) is 7.45. The van der Waals surface area contributed by atoms with E-state index < -0.39 is 0 Å². The lowest BCUT2D eigenvalue weighted by molar-refractivity contribution is -0.124. The third kappa shape index (κ3) is 4.82. The van der Waals surface area contributed by atoms with Crippen LogP contribution in [0.1, 0.15) is 50.1 Å². The molecule has 2 amide bonds. The molecule has 2 fully saturated rings. The quantitative estimate of drug-likeness (QED) is 0.832. The topological polar surface area (TPSA) is 75.4 Å². The van der Waals surface area contributed by atoms with Crippen LogP contribution in [0.5, 0.6) is 0 Å². The third-order valence-electron chi connectivity index (χ3n) is 5.70. The summed E-state index contributed by atoms with van der Waals surface area (Å²) >= 11 is 0. The fraction of sp³-hybridized carbons (Fsp3) is 0.600. The normalized spacial score (nSPS) is 21.1. The van der Waals surface area contributed by atoms with Crippen molar-refractivity contribution in [2.45, 2.75) is 44.6 Å². The Morgan fingerprint density at radius 1 is 1.08 bits per heavy atom. The zero-order valence-electron chi connectivity index (χ0n) is 14.8. The van der Waals surface area contributed by atoms with E-state index in [1.165, 1.54) is 31.2 Å². The van der Waals surface area contributed by atoms with Gasteiger partial charge in [-0.3, -0.25) is 14.5 Å². The zero-order valence-corrected chi connectivity index (χ0v) is 14.8. The highest BCUT2D eigenvalue weighted by Gasteiger charge is 2.29. The van der Waals surface area contributed by atoms with Crippen LogP contribution >= 0.6 is 0 Å². The average Bonchev–Trinajstić information content (AvgIpc) is 3.15. The van der Waals surface area contributed by atoms with Gasteiger partial charge >= 0.3 is 0 Å². The average molecular weight is 343 g/mol. The first kappa shape index (κ1) is 17.9. The second kappa shape index (κ2) is 8.48. The molecule has 1 aliphatic carbocycles. The number of primary amides is 1. The molecule has 5 nitrogen and oxygen atoms in total. The van der Waals surface area contributed by atoms with Gasteiger partial charge in [-0.25, -0.2) is 0 Å². The summed E-state index contributed by atoms with van der Waals surface area (Å²) in [5.41, 5.74) is 6.58. The van der Waals surface area contributed by atoms with Gasteiger partial charge in [-0.2, -0.15) is 0 Å². The van der Waals surface area contributed by atoms with E-state index in [1.54, 1.807) is 0 Å². The fourth-order valence-electron chi connectivity index (χ4n) is 4.22. The molecule has 0 radical (unpaired) electrons. The van der Waals surface area contributed by atoms with Gasteiger partial charge in [-0.15, -0.1) is 0 Å². The molecule has 1 saturated carbocycles. The Kier molecular flexibility index (Phi) is 6.08. The van der Waals surface area contributed by atoms with Gasteiger partial charge in [0.25, 0.3) is 0 Å². The number of carbonyl (C=O) groups excluding carboxylic acids is 2. The number of rotatable bonds is 6. The van der Waals surface area contributed by atoms with Crippen LogP contribution in [-0.4, -0.2) is 36.3 Å². The number of nitrogens with one attached hydrogen (secondary N) is 1. The van der Waals surface area contributed by atoms with Crippen LogP contribution in [0.3, 0.4) is 0 Å². The first-order valence-corrected chi connectivity index (χ1v) is 9.49. The molecule has 5 heteroatoms. The lowest BCUT2D eigenvalue weighted by atomic mass is 9.91. The van der Waals surface area contributed by atoms with Gasteiger partial charge in [0.15, 0.2) is 0 Å². The van der Waals surface area contributed by atoms with Crippen molar-refractivity contribution in [2.75, 3.05) is 19.6 Å². The SMILES string of the molecule is NC(=O)C1CCN(CC(=O)NC(c2ccccc2)C2CCCC2)CC1. The first-order chi connectivity index (χ1) is 12.1. The molecule has 1 saturated heterocycles. The zero-order chi connectivity index (χ0) is 17.6. The molecule has 136 valence electrons. The summed E-state index contributed by atoms with van der Waals surface area (Å²) in [5.74, 6) is 0.370. The molecule has 25 heavy (non-hydrogen) atoms. The van der Waals surface area contributed by atoms with E-state index in [4.69, 9.17) is 5.73 Å². The van der Waals surface area contributed by atoms with Crippen LogP contribution in [0.4, 0.5) is 0 Å². The van der Waals surface area contributed by atoms with Gasteiger partial charge < -0.3 is 11.1 Å². The van der Waals surface area contributed by atoms with Crippen molar-refractivity contribution in [2.24, 2.45) is 17.6 Å². The maximum atomic E-state index is 12.6. The Bertz CT molecular complexity index is 576. The molecule has 1 heterocycles. The highest BCUT2D eigenvalue weighted by atomic mass is 16.2. The summed E-state index contributed by atoms with van der Waals surface area (Å²) < 4.78 is 0. The maximum absolute atomic E-state index is 12.6. The summed E-state index contributed by atoms with van der Waals surface area (Å²) in [6.07, 6.45) is 6.39. The van der Waals surface area contributed by atoms with Crippen molar-refractivity contribution in [1.29, 1.82) is 0 Å². The number of hydrogen-bond donors (Lipinski definition) is 2. The van der Waals surface area contributed by atoms with Crippen molar-refractivity contribution < 1.29 is 9.59 Å².